The van der Waals surface area contributed by atoms with E-state index in [1.54, 1.807) is 29.4 Å². The van der Waals surface area contributed by atoms with Crippen LogP contribution in [0.2, 0.25) is 10.0 Å². The number of aromatic amines is 1. The largest absolute Gasteiger partial charge is 0.468 e. The number of esters is 1. The van der Waals surface area contributed by atoms with Gasteiger partial charge in [-0.1, -0.05) is 29.3 Å². The number of rotatable bonds is 3. The lowest BCUT2D eigenvalue weighted by Crippen LogP contribution is -2.47. The van der Waals surface area contributed by atoms with Gasteiger partial charge in [0.25, 0.3) is 0 Å². The zero-order valence-electron chi connectivity index (χ0n) is 13.4. The van der Waals surface area contributed by atoms with Crippen molar-refractivity contribution in [2.75, 3.05) is 20.2 Å². The fraction of sp³-hybridized carbons (Fsp3) is 0.312. The smallest absolute Gasteiger partial charge is 0.325 e. The van der Waals surface area contributed by atoms with Crippen molar-refractivity contribution in [1.82, 2.24) is 20.2 Å². The van der Waals surface area contributed by atoms with Crippen LogP contribution in [0.15, 0.2) is 24.5 Å². The normalized spacial score (nSPS) is 16.3. The van der Waals surface area contributed by atoms with Gasteiger partial charge in [0.15, 0.2) is 0 Å². The first kappa shape index (κ1) is 17.6. The molecule has 9 heteroatoms. The van der Waals surface area contributed by atoms with Gasteiger partial charge in [-0.25, -0.2) is 9.78 Å². The van der Waals surface area contributed by atoms with Crippen LogP contribution in [0.1, 0.15) is 23.0 Å². The number of benzene rings is 1. The number of amides is 2. The number of fused-ring (bicyclic) bond motifs is 1. The average molecular weight is 383 g/mol. The minimum absolute atomic E-state index is 0.208. The van der Waals surface area contributed by atoms with E-state index in [0.29, 0.717) is 28.6 Å². The number of nitrogens with zero attached hydrogens (tertiary/aromatic N) is 2. The van der Waals surface area contributed by atoms with E-state index in [1.807, 2.05) is 0 Å². The SMILES string of the molecule is COC(=O)CNC(=O)N1CCc2[nH]cnc2[C@@H]1c1ccc(Cl)cc1Cl. The van der Waals surface area contributed by atoms with Gasteiger partial charge in [0, 0.05) is 28.7 Å². The van der Waals surface area contributed by atoms with Gasteiger partial charge in [0.1, 0.15) is 12.6 Å². The molecular formula is C16H16Cl2N4O3. The number of carbonyl (C=O) groups is 2. The monoisotopic (exact) mass is 382 g/mol. The summed E-state index contributed by atoms with van der Waals surface area (Å²) in [6.07, 6.45) is 2.22. The summed E-state index contributed by atoms with van der Waals surface area (Å²) in [7, 11) is 1.27. The molecule has 25 heavy (non-hydrogen) atoms. The molecule has 0 saturated heterocycles. The predicted molar refractivity (Wildman–Crippen MR) is 92.7 cm³/mol. The van der Waals surface area contributed by atoms with E-state index in [9.17, 15) is 9.59 Å². The summed E-state index contributed by atoms with van der Waals surface area (Å²) in [6.45, 7) is 0.242. The van der Waals surface area contributed by atoms with Crippen LogP contribution in [0, 0.1) is 0 Å². The molecule has 0 aliphatic carbocycles. The fourth-order valence-electron chi connectivity index (χ4n) is 2.86. The van der Waals surface area contributed by atoms with Gasteiger partial charge in [-0.3, -0.25) is 4.79 Å². The highest BCUT2D eigenvalue weighted by Gasteiger charge is 2.35. The Morgan fingerprint density at radius 1 is 1.44 bits per heavy atom. The first-order valence-corrected chi connectivity index (χ1v) is 8.35. The van der Waals surface area contributed by atoms with Crippen LogP contribution in [-0.4, -0.2) is 47.1 Å². The second-order valence-corrected chi connectivity index (χ2v) is 6.36. The molecule has 0 unspecified atom stereocenters. The van der Waals surface area contributed by atoms with Crippen LogP contribution < -0.4 is 5.32 Å². The molecule has 1 aromatic heterocycles. The number of urea groups is 1. The zero-order valence-corrected chi connectivity index (χ0v) is 14.9. The third-order valence-electron chi connectivity index (χ3n) is 4.05. The highest BCUT2D eigenvalue weighted by molar-refractivity contribution is 6.35. The molecule has 0 spiro atoms. The van der Waals surface area contributed by atoms with Gasteiger partial charge < -0.3 is 19.9 Å². The van der Waals surface area contributed by atoms with E-state index in [-0.39, 0.29) is 6.54 Å². The predicted octanol–water partition coefficient (Wildman–Crippen LogP) is 2.55. The van der Waals surface area contributed by atoms with Crippen LogP contribution in [0.5, 0.6) is 0 Å². The summed E-state index contributed by atoms with van der Waals surface area (Å²) < 4.78 is 4.55. The second-order valence-electron chi connectivity index (χ2n) is 5.51. The maximum atomic E-state index is 12.6. The number of aromatic nitrogens is 2. The molecule has 1 aliphatic rings. The van der Waals surface area contributed by atoms with Crippen LogP contribution in [0.4, 0.5) is 4.79 Å². The highest BCUT2D eigenvalue weighted by Crippen LogP contribution is 2.37. The van der Waals surface area contributed by atoms with E-state index >= 15 is 0 Å². The van der Waals surface area contributed by atoms with Crippen molar-refractivity contribution >= 4 is 35.2 Å². The van der Waals surface area contributed by atoms with Gasteiger partial charge in [-0.15, -0.1) is 0 Å². The Morgan fingerprint density at radius 3 is 2.96 bits per heavy atom. The minimum Gasteiger partial charge on any atom is -0.468 e. The molecular weight excluding hydrogens is 367 g/mol. The molecule has 0 bridgehead atoms. The Morgan fingerprint density at radius 2 is 2.24 bits per heavy atom. The van der Waals surface area contributed by atoms with Crippen molar-refractivity contribution in [2.45, 2.75) is 12.5 Å². The Balaban J connectivity index is 1.94. The molecule has 132 valence electrons. The van der Waals surface area contributed by atoms with E-state index < -0.39 is 18.0 Å². The lowest BCUT2D eigenvalue weighted by Gasteiger charge is -2.35. The topological polar surface area (TPSA) is 87.3 Å². The number of halogens is 2. The number of methoxy groups -OCH3 is 1. The van der Waals surface area contributed by atoms with Crippen LogP contribution in [-0.2, 0) is 16.0 Å². The Bertz CT molecular complexity index is 808. The molecule has 3 rings (SSSR count). The number of nitrogens with one attached hydrogen (secondary N) is 2. The van der Waals surface area contributed by atoms with Crippen molar-refractivity contribution in [1.29, 1.82) is 0 Å². The number of H-pyrrole nitrogens is 1. The maximum Gasteiger partial charge on any atom is 0.325 e. The fourth-order valence-corrected chi connectivity index (χ4v) is 3.37. The molecule has 2 N–H and O–H groups in total. The maximum absolute atomic E-state index is 12.6. The van der Waals surface area contributed by atoms with Gasteiger partial charge >= 0.3 is 12.0 Å². The summed E-state index contributed by atoms with van der Waals surface area (Å²) >= 11 is 12.3. The molecule has 0 radical (unpaired) electrons. The van der Waals surface area contributed by atoms with Crippen molar-refractivity contribution in [2.24, 2.45) is 0 Å². The number of hydrogen-bond acceptors (Lipinski definition) is 4. The first-order chi connectivity index (χ1) is 12.0. The average Bonchev–Trinajstić information content (AvgIpc) is 3.07. The molecule has 7 nitrogen and oxygen atoms in total. The molecule has 2 amide bonds. The molecule has 1 aromatic carbocycles. The van der Waals surface area contributed by atoms with Gasteiger partial charge in [0.2, 0.25) is 0 Å². The summed E-state index contributed by atoms with van der Waals surface area (Å²) in [6, 6.07) is 4.25. The van der Waals surface area contributed by atoms with Crippen molar-refractivity contribution in [3.63, 3.8) is 0 Å². The molecule has 2 aromatic rings. The van der Waals surface area contributed by atoms with Crippen molar-refractivity contribution in [3.05, 3.63) is 51.5 Å². The van der Waals surface area contributed by atoms with Crippen molar-refractivity contribution < 1.29 is 14.3 Å². The zero-order chi connectivity index (χ0) is 18.0. The van der Waals surface area contributed by atoms with Gasteiger partial charge in [0.05, 0.1) is 19.1 Å². The Labute approximate surface area is 154 Å². The summed E-state index contributed by atoms with van der Waals surface area (Å²) in [5, 5.41) is 3.51. The molecule has 0 fully saturated rings. The number of hydrogen-bond donors (Lipinski definition) is 2. The summed E-state index contributed by atoms with van der Waals surface area (Å²) in [5.74, 6) is -0.521. The number of imidazole rings is 1. The van der Waals surface area contributed by atoms with E-state index in [2.05, 4.69) is 20.0 Å². The molecule has 2 heterocycles. The lowest BCUT2D eigenvalue weighted by atomic mass is 9.96. The molecule has 0 saturated carbocycles. The second kappa shape index (κ2) is 7.33. The van der Waals surface area contributed by atoms with Gasteiger partial charge in [-0.2, -0.15) is 0 Å². The number of ether oxygens (including phenoxy) is 1. The standard InChI is InChI=1S/C16H16Cl2N4O3/c1-25-13(23)7-19-16(24)22-5-4-12-14(21-8-20-12)15(22)10-3-2-9(17)6-11(10)18/h2-3,6,8,15H,4-5,7H2,1H3,(H,19,24)(H,20,21)/t15-/m0/s1. The van der Waals surface area contributed by atoms with Crippen LogP contribution in [0.3, 0.4) is 0 Å². The highest BCUT2D eigenvalue weighted by atomic mass is 35.5. The molecule has 1 aliphatic heterocycles. The Hall–Kier alpha value is -2.25. The summed E-state index contributed by atoms with van der Waals surface area (Å²) in [5.41, 5.74) is 2.39. The third-order valence-corrected chi connectivity index (χ3v) is 4.62. The van der Waals surface area contributed by atoms with Crippen molar-refractivity contribution in [3.8, 4) is 0 Å². The minimum atomic E-state index is -0.521. The van der Waals surface area contributed by atoms with E-state index in [4.69, 9.17) is 23.2 Å². The third kappa shape index (κ3) is 3.57. The molecule has 1 atom stereocenters. The van der Waals surface area contributed by atoms with Crippen LogP contribution >= 0.6 is 23.2 Å². The lowest BCUT2D eigenvalue weighted by molar-refractivity contribution is -0.139. The van der Waals surface area contributed by atoms with Gasteiger partial charge in [-0.05, 0) is 17.7 Å². The summed E-state index contributed by atoms with van der Waals surface area (Å²) in [4.78, 5) is 33.0. The first-order valence-electron chi connectivity index (χ1n) is 7.59. The Kier molecular flexibility index (Phi) is 5.15. The number of carbonyl (C=O) groups excluding carboxylic acids is 2. The van der Waals surface area contributed by atoms with Crippen LogP contribution in [0.25, 0.3) is 0 Å². The quantitative estimate of drug-likeness (QED) is 0.798. The van der Waals surface area contributed by atoms with E-state index in [1.165, 1.54) is 7.11 Å². The van der Waals surface area contributed by atoms with E-state index in [0.717, 1.165) is 11.4 Å².